The minimum absolute atomic E-state index is 0.410. The van der Waals surface area contributed by atoms with Crippen molar-refractivity contribution in [3.05, 3.63) is 18.7 Å². The summed E-state index contributed by atoms with van der Waals surface area (Å²) in [5.41, 5.74) is 0. The van der Waals surface area contributed by atoms with Crippen LogP contribution in [-0.4, -0.2) is 21.8 Å². The maximum atomic E-state index is 4.78. The van der Waals surface area contributed by atoms with E-state index in [-0.39, 0.29) is 0 Å². The molecular formula is C5H6N2OS. The van der Waals surface area contributed by atoms with Crippen LogP contribution in [0.25, 0.3) is 0 Å². The molecule has 0 fully saturated rings. The van der Waals surface area contributed by atoms with Gasteiger partial charge in [-0.2, -0.15) is 0 Å². The standard InChI is InChI=1S/C5H6N2OS/c1-8-5(9)7-3-2-6-4-7/h2-4H,1H3. The Kier molecular flexibility index (Phi) is 1.79. The van der Waals surface area contributed by atoms with Gasteiger partial charge in [-0.25, -0.2) is 4.98 Å². The minimum atomic E-state index is 0.410. The van der Waals surface area contributed by atoms with E-state index >= 15 is 0 Å². The van der Waals surface area contributed by atoms with E-state index in [1.165, 1.54) is 7.11 Å². The third-order valence-electron chi connectivity index (χ3n) is 0.890. The molecule has 1 aromatic rings. The highest BCUT2D eigenvalue weighted by atomic mass is 32.1. The van der Waals surface area contributed by atoms with Gasteiger partial charge in [-0.05, 0) is 12.2 Å². The molecule has 0 saturated heterocycles. The molecule has 0 aliphatic carbocycles. The van der Waals surface area contributed by atoms with Crippen LogP contribution in [0.2, 0.25) is 0 Å². The minimum Gasteiger partial charge on any atom is -0.474 e. The Bertz CT molecular complexity index is 195. The van der Waals surface area contributed by atoms with Gasteiger partial charge in [0.1, 0.15) is 6.33 Å². The molecule has 0 aliphatic heterocycles. The molecule has 0 N–H and O–H groups in total. The summed E-state index contributed by atoms with van der Waals surface area (Å²) in [5.74, 6) is 0. The summed E-state index contributed by atoms with van der Waals surface area (Å²) in [6.45, 7) is 0. The molecule has 0 radical (unpaired) electrons. The fourth-order valence-electron chi connectivity index (χ4n) is 0.473. The predicted molar refractivity (Wildman–Crippen MR) is 37.2 cm³/mol. The molecule has 0 unspecified atom stereocenters. The molecule has 0 spiro atoms. The third kappa shape index (κ3) is 1.26. The number of nitrogens with zero attached hydrogens (tertiary/aromatic N) is 2. The maximum Gasteiger partial charge on any atom is 0.268 e. The van der Waals surface area contributed by atoms with E-state index in [0.29, 0.717) is 5.17 Å². The fraction of sp³-hybridized carbons (Fsp3) is 0.200. The monoisotopic (exact) mass is 142 g/mol. The Labute approximate surface area is 58.3 Å². The number of rotatable bonds is 0. The molecule has 0 amide bonds. The van der Waals surface area contributed by atoms with E-state index in [1.807, 2.05) is 0 Å². The number of imidazole rings is 1. The second-order valence-corrected chi connectivity index (χ2v) is 1.79. The second-order valence-electron chi connectivity index (χ2n) is 1.44. The highest BCUT2D eigenvalue weighted by Crippen LogP contribution is 1.86. The van der Waals surface area contributed by atoms with Crippen LogP contribution in [0.1, 0.15) is 0 Å². The highest BCUT2D eigenvalue weighted by Gasteiger charge is 1.93. The SMILES string of the molecule is COC(=S)n1ccnc1. The Morgan fingerprint density at radius 3 is 3.00 bits per heavy atom. The zero-order valence-corrected chi connectivity index (χ0v) is 5.76. The second kappa shape index (κ2) is 2.59. The molecule has 9 heavy (non-hydrogen) atoms. The van der Waals surface area contributed by atoms with Crippen molar-refractivity contribution in [1.82, 2.24) is 9.55 Å². The molecule has 1 heterocycles. The van der Waals surface area contributed by atoms with Crippen LogP contribution in [0.5, 0.6) is 0 Å². The summed E-state index contributed by atoms with van der Waals surface area (Å²) in [7, 11) is 1.53. The van der Waals surface area contributed by atoms with Crippen molar-refractivity contribution in [2.24, 2.45) is 0 Å². The van der Waals surface area contributed by atoms with E-state index < -0.39 is 0 Å². The lowest BCUT2D eigenvalue weighted by molar-refractivity contribution is 0.397. The zero-order chi connectivity index (χ0) is 6.69. The topological polar surface area (TPSA) is 27.1 Å². The van der Waals surface area contributed by atoms with E-state index in [1.54, 1.807) is 23.3 Å². The summed E-state index contributed by atoms with van der Waals surface area (Å²) < 4.78 is 6.37. The number of aromatic nitrogens is 2. The number of hydrogen-bond acceptors (Lipinski definition) is 3. The Hall–Kier alpha value is -0.900. The van der Waals surface area contributed by atoms with E-state index in [2.05, 4.69) is 4.98 Å². The van der Waals surface area contributed by atoms with Crippen LogP contribution < -0.4 is 0 Å². The molecule has 1 aromatic heterocycles. The number of thiocarbonyl (C=S) groups is 1. The van der Waals surface area contributed by atoms with Gasteiger partial charge in [0.2, 0.25) is 0 Å². The molecule has 0 atom stereocenters. The lowest BCUT2D eigenvalue weighted by Crippen LogP contribution is -2.07. The first-order valence-corrected chi connectivity index (χ1v) is 2.81. The molecule has 0 bridgehead atoms. The largest absolute Gasteiger partial charge is 0.474 e. The van der Waals surface area contributed by atoms with Gasteiger partial charge in [-0.1, -0.05) is 0 Å². The van der Waals surface area contributed by atoms with Gasteiger partial charge in [0.15, 0.2) is 0 Å². The van der Waals surface area contributed by atoms with Crippen LogP contribution in [0.4, 0.5) is 0 Å². The van der Waals surface area contributed by atoms with Crippen molar-refractivity contribution >= 4 is 17.4 Å². The van der Waals surface area contributed by atoms with Gasteiger partial charge < -0.3 is 4.74 Å². The first kappa shape index (κ1) is 6.22. The Morgan fingerprint density at radius 2 is 2.56 bits per heavy atom. The average molecular weight is 142 g/mol. The zero-order valence-electron chi connectivity index (χ0n) is 4.94. The van der Waals surface area contributed by atoms with Gasteiger partial charge in [0, 0.05) is 12.4 Å². The smallest absolute Gasteiger partial charge is 0.268 e. The Balaban J connectivity index is 2.77. The van der Waals surface area contributed by atoms with E-state index in [9.17, 15) is 0 Å². The summed E-state index contributed by atoms with van der Waals surface area (Å²) in [6, 6.07) is 0. The lowest BCUT2D eigenvalue weighted by atomic mass is 10.9. The lowest BCUT2D eigenvalue weighted by Gasteiger charge is -1.98. The molecule has 1 rings (SSSR count). The van der Waals surface area contributed by atoms with Crippen LogP contribution in [-0.2, 0) is 4.74 Å². The summed E-state index contributed by atoms with van der Waals surface area (Å²) in [5, 5.41) is 0.410. The molecule has 48 valence electrons. The summed E-state index contributed by atoms with van der Waals surface area (Å²) in [4.78, 5) is 3.79. The van der Waals surface area contributed by atoms with Crippen molar-refractivity contribution < 1.29 is 4.74 Å². The van der Waals surface area contributed by atoms with Gasteiger partial charge >= 0.3 is 0 Å². The molecule has 4 heteroatoms. The molecule has 3 nitrogen and oxygen atoms in total. The average Bonchev–Trinajstić information content (AvgIpc) is 2.37. The maximum absolute atomic E-state index is 4.78. The third-order valence-corrected chi connectivity index (χ3v) is 1.27. The van der Waals surface area contributed by atoms with Gasteiger partial charge in [-0.15, -0.1) is 0 Å². The van der Waals surface area contributed by atoms with Crippen molar-refractivity contribution in [3.63, 3.8) is 0 Å². The van der Waals surface area contributed by atoms with Crippen LogP contribution in [0.3, 0.4) is 0 Å². The fourth-order valence-corrected chi connectivity index (χ4v) is 0.581. The summed E-state index contributed by atoms with van der Waals surface area (Å²) in [6.07, 6.45) is 4.96. The van der Waals surface area contributed by atoms with Crippen molar-refractivity contribution in [1.29, 1.82) is 0 Å². The quantitative estimate of drug-likeness (QED) is 0.498. The summed E-state index contributed by atoms with van der Waals surface area (Å²) >= 11 is 4.78. The molecule has 0 saturated carbocycles. The predicted octanol–water partition coefficient (Wildman–Crippen LogP) is 0.662. The number of methoxy groups -OCH3 is 1. The first-order valence-electron chi connectivity index (χ1n) is 2.41. The normalized spacial score (nSPS) is 9.00. The van der Waals surface area contributed by atoms with Gasteiger partial charge in [-0.3, -0.25) is 4.57 Å². The van der Waals surface area contributed by atoms with E-state index in [0.717, 1.165) is 0 Å². The molecule has 0 aromatic carbocycles. The Morgan fingerprint density at radius 1 is 1.78 bits per heavy atom. The van der Waals surface area contributed by atoms with Gasteiger partial charge in [0.05, 0.1) is 7.11 Å². The van der Waals surface area contributed by atoms with Crippen LogP contribution in [0.15, 0.2) is 18.7 Å². The van der Waals surface area contributed by atoms with Crippen molar-refractivity contribution in [2.45, 2.75) is 0 Å². The van der Waals surface area contributed by atoms with Crippen molar-refractivity contribution in [3.8, 4) is 0 Å². The van der Waals surface area contributed by atoms with Crippen molar-refractivity contribution in [2.75, 3.05) is 7.11 Å². The highest BCUT2D eigenvalue weighted by molar-refractivity contribution is 7.80. The number of ether oxygens (including phenoxy) is 1. The van der Waals surface area contributed by atoms with Gasteiger partial charge in [0.25, 0.3) is 5.17 Å². The van der Waals surface area contributed by atoms with Crippen LogP contribution >= 0.6 is 12.2 Å². The van der Waals surface area contributed by atoms with Crippen LogP contribution in [0, 0.1) is 0 Å². The molecular weight excluding hydrogens is 136 g/mol. The number of hydrogen-bond donors (Lipinski definition) is 0. The molecule has 0 aliphatic rings. The first-order chi connectivity index (χ1) is 4.34. The van der Waals surface area contributed by atoms with E-state index in [4.69, 9.17) is 17.0 Å².